The van der Waals surface area contributed by atoms with Gasteiger partial charge in [0.15, 0.2) is 6.79 Å². The molecular formula is C9H12FNO2. The van der Waals surface area contributed by atoms with Gasteiger partial charge in [0.2, 0.25) is 0 Å². The first-order chi connectivity index (χ1) is 6.27. The van der Waals surface area contributed by atoms with Crippen LogP contribution in [0.2, 0.25) is 0 Å². The third kappa shape index (κ3) is 2.59. The van der Waals surface area contributed by atoms with E-state index in [1.807, 2.05) is 0 Å². The van der Waals surface area contributed by atoms with Crippen LogP contribution in [0.15, 0.2) is 18.2 Å². The summed E-state index contributed by atoms with van der Waals surface area (Å²) < 4.78 is 22.6. The van der Waals surface area contributed by atoms with Crippen LogP contribution < -0.4 is 10.1 Å². The van der Waals surface area contributed by atoms with E-state index in [2.05, 4.69) is 5.32 Å². The van der Waals surface area contributed by atoms with Crippen molar-refractivity contribution in [1.29, 1.82) is 0 Å². The van der Waals surface area contributed by atoms with E-state index in [-0.39, 0.29) is 12.6 Å². The van der Waals surface area contributed by atoms with Gasteiger partial charge in [0.1, 0.15) is 11.6 Å². The van der Waals surface area contributed by atoms with Gasteiger partial charge < -0.3 is 14.8 Å². The Balaban J connectivity index is 2.79. The SMILES string of the molecule is CNc1cc(F)ccc1OCOC. The lowest BCUT2D eigenvalue weighted by Crippen LogP contribution is -2.02. The second-order valence-corrected chi connectivity index (χ2v) is 2.44. The van der Waals surface area contributed by atoms with Crippen LogP contribution in [0.4, 0.5) is 10.1 Å². The van der Waals surface area contributed by atoms with Gasteiger partial charge in [0.25, 0.3) is 0 Å². The summed E-state index contributed by atoms with van der Waals surface area (Å²) in [7, 11) is 3.23. The van der Waals surface area contributed by atoms with E-state index < -0.39 is 0 Å². The number of ether oxygens (including phenoxy) is 2. The number of rotatable bonds is 4. The Morgan fingerprint density at radius 1 is 1.46 bits per heavy atom. The van der Waals surface area contributed by atoms with Crippen molar-refractivity contribution in [1.82, 2.24) is 0 Å². The fourth-order valence-electron chi connectivity index (χ4n) is 0.946. The molecule has 4 heteroatoms. The van der Waals surface area contributed by atoms with Gasteiger partial charge in [-0.15, -0.1) is 0 Å². The highest BCUT2D eigenvalue weighted by Crippen LogP contribution is 2.24. The number of anilines is 1. The molecule has 0 saturated heterocycles. The highest BCUT2D eigenvalue weighted by Gasteiger charge is 2.02. The van der Waals surface area contributed by atoms with Gasteiger partial charge in [-0.2, -0.15) is 0 Å². The van der Waals surface area contributed by atoms with Crippen molar-refractivity contribution in [2.75, 3.05) is 26.3 Å². The van der Waals surface area contributed by atoms with E-state index in [1.54, 1.807) is 13.1 Å². The molecule has 0 aromatic heterocycles. The predicted octanol–water partition coefficient (Wildman–Crippen LogP) is 1.85. The summed E-state index contributed by atoms with van der Waals surface area (Å²) in [5, 5.41) is 2.82. The first-order valence-electron chi connectivity index (χ1n) is 3.87. The minimum Gasteiger partial charge on any atom is -0.465 e. The molecule has 0 spiro atoms. The topological polar surface area (TPSA) is 30.5 Å². The predicted molar refractivity (Wildman–Crippen MR) is 48.5 cm³/mol. The van der Waals surface area contributed by atoms with E-state index >= 15 is 0 Å². The van der Waals surface area contributed by atoms with Crippen molar-refractivity contribution in [2.45, 2.75) is 0 Å². The fourth-order valence-corrected chi connectivity index (χ4v) is 0.946. The molecule has 0 radical (unpaired) electrons. The zero-order chi connectivity index (χ0) is 9.68. The van der Waals surface area contributed by atoms with Crippen LogP contribution in [-0.2, 0) is 4.74 Å². The summed E-state index contributed by atoms with van der Waals surface area (Å²) in [6.45, 7) is 0.153. The first kappa shape index (κ1) is 9.80. The average Bonchev–Trinajstić information content (AvgIpc) is 2.16. The maximum atomic E-state index is 12.7. The van der Waals surface area contributed by atoms with Crippen LogP contribution in [0, 0.1) is 5.82 Å². The Hall–Kier alpha value is -1.29. The molecule has 1 aromatic carbocycles. The highest BCUT2D eigenvalue weighted by molar-refractivity contribution is 5.55. The molecule has 0 aliphatic carbocycles. The molecular weight excluding hydrogens is 173 g/mol. The molecule has 72 valence electrons. The minimum absolute atomic E-state index is 0.153. The van der Waals surface area contributed by atoms with E-state index in [1.165, 1.54) is 19.2 Å². The number of benzene rings is 1. The molecule has 0 unspecified atom stereocenters. The molecule has 0 aliphatic rings. The van der Waals surface area contributed by atoms with Crippen molar-refractivity contribution in [3.05, 3.63) is 24.0 Å². The van der Waals surface area contributed by atoms with Gasteiger partial charge in [-0.1, -0.05) is 0 Å². The monoisotopic (exact) mass is 185 g/mol. The van der Waals surface area contributed by atoms with E-state index in [4.69, 9.17) is 9.47 Å². The Bertz CT molecular complexity index is 278. The Morgan fingerprint density at radius 2 is 2.23 bits per heavy atom. The summed E-state index contributed by atoms with van der Waals surface area (Å²) in [5.74, 6) is 0.278. The normalized spacial score (nSPS) is 9.77. The summed E-state index contributed by atoms with van der Waals surface area (Å²) >= 11 is 0. The number of methoxy groups -OCH3 is 1. The molecule has 0 bridgehead atoms. The number of halogens is 1. The van der Waals surface area contributed by atoms with Crippen molar-refractivity contribution in [2.24, 2.45) is 0 Å². The lowest BCUT2D eigenvalue weighted by Gasteiger charge is -2.09. The smallest absolute Gasteiger partial charge is 0.188 e. The quantitative estimate of drug-likeness (QED) is 0.726. The highest BCUT2D eigenvalue weighted by atomic mass is 19.1. The maximum absolute atomic E-state index is 12.7. The molecule has 1 aromatic rings. The lowest BCUT2D eigenvalue weighted by atomic mass is 10.3. The standard InChI is InChI=1S/C9H12FNO2/c1-11-8-5-7(10)3-4-9(8)13-6-12-2/h3-5,11H,6H2,1-2H3. The first-order valence-corrected chi connectivity index (χ1v) is 3.87. The third-order valence-corrected chi connectivity index (χ3v) is 1.54. The molecule has 0 saturated carbocycles. The van der Waals surface area contributed by atoms with Crippen molar-refractivity contribution >= 4 is 5.69 Å². The molecule has 3 nitrogen and oxygen atoms in total. The molecule has 1 rings (SSSR count). The lowest BCUT2D eigenvalue weighted by molar-refractivity contribution is 0.0516. The van der Waals surface area contributed by atoms with Gasteiger partial charge in [0, 0.05) is 20.2 Å². The molecule has 0 amide bonds. The van der Waals surface area contributed by atoms with Crippen LogP contribution in [0.25, 0.3) is 0 Å². The largest absolute Gasteiger partial charge is 0.465 e. The molecule has 13 heavy (non-hydrogen) atoms. The molecule has 0 fully saturated rings. The van der Waals surface area contributed by atoms with Gasteiger partial charge in [-0.3, -0.25) is 0 Å². The summed E-state index contributed by atoms with van der Waals surface area (Å²) in [6.07, 6.45) is 0. The van der Waals surface area contributed by atoms with Gasteiger partial charge >= 0.3 is 0 Å². The molecule has 1 N–H and O–H groups in total. The van der Waals surface area contributed by atoms with Gasteiger partial charge in [-0.25, -0.2) is 4.39 Å². The number of hydrogen-bond acceptors (Lipinski definition) is 3. The second-order valence-electron chi connectivity index (χ2n) is 2.44. The van der Waals surface area contributed by atoms with Crippen LogP contribution in [0.5, 0.6) is 5.75 Å². The molecule has 0 aliphatic heterocycles. The summed E-state index contributed by atoms with van der Waals surface area (Å²) in [5.41, 5.74) is 0.608. The van der Waals surface area contributed by atoms with E-state index in [0.717, 1.165) is 0 Å². The van der Waals surface area contributed by atoms with Crippen molar-refractivity contribution in [3.8, 4) is 5.75 Å². The summed E-state index contributed by atoms with van der Waals surface area (Å²) in [6, 6.07) is 4.26. The Morgan fingerprint density at radius 3 is 2.85 bits per heavy atom. The number of hydrogen-bond donors (Lipinski definition) is 1. The van der Waals surface area contributed by atoms with Crippen LogP contribution >= 0.6 is 0 Å². The van der Waals surface area contributed by atoms with E-state index in [9.17, 15) is 4.39 Å². The fraction of sp³-hybridized carbons (Fsp3) is 0.333. The molecule has 0 heterocycles. The van der Waals surface area contributed by atoms with Gasteiger partial charge in [0.05, 0.1) is 5.69 Å². The Labute approximate surface area is 76.5 Å². The average molecular weight is 185 g/mol. The zero-order valence-electron chi connectivity index (χ0n) is 7.63. The zero-order valence-corrected chi connectivity index (χ0v) is 7.63. The molecule has 0 atom stereocenters. The number of nitrogens with one attached hydrogen (secondary N) is 1. The summed E-state index contributed by atoms with van der Waals surface area (Å²) in [4.78, 5) is 0. The maximum Gasteiger partial charge on any atom is 0.188 e. The van der Waals surface area contributed by atoms with Crippen LogP contribution in [-0.4, -0.2) is 21.0 Å². The second kappa shape index (κ2) is 4.67. The van der Waals surface area contributed by atoms with Gasteiger partial charge in [-0.05, 0) is 12.1 Å². The van der Waals surface area contributed by atoms with Crippen molar-refractivity contribution < 1.29 is 13.9 Å². The van der Waals surface area contributed by atoms with Crippen LogP contribution in [0.1, 0.15) is 0 Å². The Kier molecular flexibility index (Phi) is 3.52. The van der Waals surface area contributed by atoms with E-state index in [0.29, 0.717) is 11.4 Å². The minimum atomic E-state index is -0.297. The third-order valence-electron chi connectivity index (χ3n) is 1.54. The van der Waals surface area contributed by atoms with Crippen LogP contribution in [0.3, 0.4) is 0 Å². The van der Waals surface area contributed by atoms with Crippen molar-refractivity contribution in [3.63, 3.8) is 0 Å².